The van der Waals surface area contributed by atoms with Crippen LogP contribution in [0.1, 0.15) is 5.56 Å². The van der Waals surface area contributed by atoms with E-state index in [1.165, 1.54) is 11.3 Å². The summed E-state index contributed by atoms with van der Waals surface area (Å²) in [6.07, 6.45) is 4.44. The van der Waals surface area contributed by atoms with E-state index in [0.29, 0.717) is 0 Å². The number of hydrogen-bond donors (Lipinski definition) is 0. The molecule has 2 heteroatoms. The van der Waals surface area contributed by atoms with Gasteiger partial charge in [0.05, 0.1) is 0 Å². The molecule has 1 aliphatic rings. The summed E-state index contributed by atoms with van der Waals surface area (Å²) < 4.78 is 2.32. The summed E-state index contributed by atoms with van der Waals surface area (Å²) in [5, 5.41) is 0. The lowest BCUT2D eigenvalue weighted by atomic mass is 10.2. The van der Waals surface area contributed by atoms with E-state index in [4.69, 9.17) is 0 Å². The molecule has 1 nitrogen and oxygen atoms in total. The van der Waals surface area contributed by atoms with Gasteiger partial charge in [-0.1, -0.05) is 29.8 Å². The van der Waals surface area contributed by atoms with Crippen molar-refractivity contribution in [2.45, 2.75) is 6.92 Å². The topological polar surface area (TPSA) is 3.24 Å². The minimum atomic E-state index is 1.02. The minimum Gasteiger partial charge on any atom is -0.312 e. The molecule has 2 rings (SSSR count). The molecular formula is C11H13NS. The number of aryl methyl sites for hydroxylation is 1. The van der Waals surface area contributed by atoms with Crippen molar-refractivity contribution in [3.05, 3.63) is 42.0 Å². The Bertz CT molecular complexity index is 302. The van der Waals surface area contributed by atoms with Gasteiger partial charge in [0, 0.05) is 18.0 Å². The Labute approximate surface area is 83.6 Å². The molecule has 1 heterocycles. The molecule has 0 bridgehead atoms. The standard InChI is InChI=1S/C11H13NS/c1-10-4-6-11(7-5-10)12-8-2-3-9-13-12/h2-7H,8-9H2,1H3. The fraction of sp³-hybridized carbons (Fsp3) is 0.273. The van der Waals surface area contributed by atoms with Crippen LogP contribution in [0.4, 0.5) is 5.69 Å². The largest absolute Gasteiger partial charge is 0.312 e. The van der Waals surface area contributed by atoms with Gasteiger partial charge in [0.15, 0.2) is 0 Å². The fourth-order valence-corrected chi connectivity index (χ4v) is 2.18. The maximum absolute atomic E-state index is 2.32. The van der Waals surface area contributed by atoms with Gasteiger partial charge >= 0.3 is 0 Å². The highest BCUT2D eigenvalue weighted by molar-refractivity contribution is 8.00. The van der Waals surface area contributed by atoms with Crippen LogP contribution in [-0.2, 0) is 0 Å². The van der Waals surface area contributed by atoms with Gasteiger partial charge in [-0.2, -0.15) is 0 Å². The second kappa shape index (κ2) is 3.88. The first-order valence-electron chi connectivity index (χ1n) is 4.48. The summed E-state index contributed by atoms with van der Waals surface area (Å²) in [5.74, 6) is 1.09. The highest BCUT2D eigenvalue weighted by Gasteiger charge is 2.06. The van der Waals surface area contributed by atoms with Crippen LogP contribution in [-0.4, -0.2) is 12.3 Å². The first-order chi connectivity index (χ1) is 6.36. The third-order valence-corrected chi connectivity index (χ3v) is 3.10. The second-order valence-corrected chi connectivity index (χ2v) is 4.20. The molecule has 1 aliphatic heterocycles. The predicted molar refractivity (Wildman–Crippen MR) is 60.1 cm³/mol. The van der Waals surface area contributed by atoms with E-state index in [1.807, 2.05) is 11.9 Å². The van der Waals surface area contributed by atoms with Crippen LogP contribution in [0.25, 0.3) is 0 Å². The molecule has 0 radical (unpaired) electrons. The Kier molecular flexibility index (Phi) is 2.60. The van der Waals surface area contributed by atoms with Crippen molar-refractivity contribution in [2.24, 2.45) is 0 Å². The number of rotatable bonds is 1. The lowest BCUT2D eigenvalue weighted by Crippen LogP contribution is -2.17. The summed E-state index contributed by atoms with van der Waals surface area (Å²) in [5.41, 5.74) is 2.63. The van der Waals surface area contributed by atoms with Gasteiger partial charge in [-0.25, -0.2) is 0 Å². The molecule has 68 valence electrons. The van der Waals surface area contributed by atoms with E-state index in [1.54, 1.807) is 0 Å². The fourth-order valence-electron chi connectivity index (χ4n) is 1.32. The summed E-state index contributed by atoms with van der Waals surface area (Å²) >= 11 is 1.87. The van der Waals surface area contributed by atoms with E-state index in [9.17, 15) is 0 Å². The molecule has 0 fully saturated rings. The maximum Gasteiger partial charge on any atom is 0.0476 e. The average Bonchev–Trinajstić information content (AvgIpc) is 2.20. The van der Waals surface area contributed by atoms with Crippen molar-refractivity contribution in [1.82, 2.24) is 0 Å². The van der Waals surface area contributed by atoms with Crippen molar-refractivity contribution in [2.75, 3.05) is 16.6 Å². The molecule has 13 heavy (non-hydrogen) atoms. The van der Waals surface area contributed by atoms with Crippen LogP contribution >= 0.6 is 11.9 Å². The SMILES string of the molecule is Cc1ccc(N2CC=CCS2)cc1. The predicted octanol–water partition coefficient (Wildman–Crippen LogP) is 3.02. The van der Waals surface area contributed by atoms with Gasteiger partial charge in [0.25, 0.3) is 0 Å². The third kappa shape index (κ3) is 2.07. The van der Waals surface area contributed by atoms with Crippen molar-refractivity contribution < 1.29 is 0 Å². The van der Waals surface area contributed by atoms with E-state index in [0.717, 1.165) is 12.3 Å². The van der Waals surface area contributed by atoms with E-state index >= 15 is 0 Å². The summed E-state index contributed by atoms with van der Waals surface area (Å²) in [7, 11) is 0. The Balaban J connectivity index is 2.15. The van der Waals surface area contributed by atoms with Crippen LogP contribution < -0.4 is 4.31 Å². The van der Waals surface area contributed by atoms with E-state index in [2.05, 4.69) is 47.6 Å². The van der Waals surface area contributed by atoms with Crippen molar-refractivity contribution in [3.63, 3.8) is 0 Å². The van der Waals surface area contributed by atoms with Crippen LogP contribution in [0.5, 0.6) is 0 Å². The number of hydrogen-bond acceptors (Lipinski definition) is 2. The van der Waals surface area contributed by atoms with E-state index < -0.39 is 0 Å². The van der Waals surface area contributed by atoms with Gasteiger partial charge < -0.3 is 4.31 Å². The van der Waals surface area contributed by atoms with Gasteiger partial charge in [-0.15, -0.1) is 0 Å². The normalized spacial score (nSPS) is 16.2. The van der Waals surface area contributed by atoms with Gasteiger partial charge in [-0.3, -0.25) is 0 Å². The molecule has 0 atom stereocenters. The van der Waals surface area contributed by atoms with E-state index in [-0.39, 0.29) is 0 Å². The third-order valence-electron chi connectivity index (χ3n) is 2.09. The van der Waals surface area contributed by atoms with Crippen LogP contribution in [0.15, 0.2) is 36.4 Å². The van der Waals surface area contributed by atoms with Gasteiger partial charge in [-0.05, 0) is 31.0 Å². The molecule has 0 aromatic heterocycles. The molecule has 1 aromatic carbocycles. The highest BCUT2D eigenvalue weighted by atomic mass is 32.2. The Morgan fingerprint density at radius 2 is 1.92 bits per heavy atom. The maximum atomic E-state index is 2.32. The van der Waals surface area contributed by atoms with Crippen molar-refractivity contribution >= 4 is 17.6 Å². The molecule has 0 saturated carbocycles. The lowest BCUT2D eigenvalue weighted by molar-refractivity contribution is 1.18. The molecule has 0 amide bonds. The summed E-state index contributed by atoms with van der Waals surface area (Å²) in [6, 6.07) is 8.69. The van der Waals surface area contributed by atoms with Gasteiger partial charge in [0.2, 0.25) is 0 Å². The number of benzene rings is 1. The number of nitrogens with zero attached hydrogens (tertiary/aromatic N) is 1. The molecule has 0 aliphatic carbocycles. The highest BCUT2D eigenvalue weighted by Crippen LogP contribution is 2.24. The Morgan fingerprint density at radius 1 is 1.15 bits per heavy atom. The molecular weight excluding hydrogens is 178 g/mol. The lowest BCUT2D eigenvalue weighted by Gasteiger charge is -2.23. The zero-order chi connectivity index (χ0) is 9.10. The summed E-state index contributed by atoms with van der Waals surface area (Å²) in [4.78, 5) is 0. The molecule has 0 unspecified atom stereocenters. The number of anilines is 1. The molecule has 0 saturated heterocycles. The van der Waals surface area contributed by atoms with Crippen LogP contribution in [0.3, 0.4) is 0 Å². The van der Waals surface area contributed by atoms with Crippen molar-refractivity contribution in [1.29, 1.82) is 0 Å². The first-order valence-corrected chi connectivity index (χ1v) is 5.42. The Morgan fingerprint density at radius 3 is 2.54 bits per heavy atom. The monoisotopic (exact) mass is 191 g/mol. The zero-order valence-corrected chi connectivity index (χ0v) is 8.55. The summed E-state index contributed by atoms with van der Waals surface area (Å²) in [6.45, 7) is 3.14. The molecule has 1 aromatic rings. The zero-order valence-electron chi connectivity index (χ0n) is 7.73. The quantitative estimate of drug-likeness (QED) is 0.496. The Hall–Kier alpha value is -0.890. The second-order valence-electron chi connectivity index (χ2n) is 3.16. The minimum absolute atomic E-state index is 1.02. The van der Waals surface area contributed by atoms with Gasteiger partial charge in [0.1, 0.15) is 0 Å². The van der Waals surface area contributed by atoms with Crippen LogP contribution in [0.2, 0.25) is 0 Å². The smallest absolute Gasteiger partial charge is 0.0476 e. The van der Waals surface area contributed by atoms with Crippen molar-refractivity contribution in [3.8, 4) is 0 Å². The first kappa shape index (κ1) is 8.70. The molecule has 0 spiro atoms. The average molecular weight is 191 g/mol. The molecule has 0 N–H and O–H groups in total. The van der Waals surface area contributed by atoms with Crippen LogP contribution in [0, 0.1) is 6.92 Å².